The summed E-state index contributed by atoms with van der Waals surface area (Å²) in [6.07, 6.45) is 8.65. The van der Waals surface area contributed by atoms with Crippen molar-refractivity contribution >= 4 is 39.9 Å². The molecule has 10 heteroatoms. The maximum atomic E-state index is 13.0. The molecule has 9 nitrogen and oxygen atoms in total. The molecule has 1 amide bonds. The van der Waals surface area contributed by atoms with Gasteiger partial charge in [0, 0.05) is 69.0 Å². The molecule has 1 saturated heterocycles. The summed E-state index contributed by atoms with van der Waals surface area (Å²) in [5.74, 6) is 0.854. The van der Waals surface area contributed by atoms with E-state index in [-0.39, 0.29) is 5.91 Å². The number of nitrogens with one attached hydrogen (secondary N) is 1. The summed E-state index contributed by atoms with van der Waals surface area (Å²) in [4.78, 5) is 30.7. The van der Waals surface area contributed by atoms with Crippen molar-refractivity contribution < 1.29 is 4.79 Å². The quantitative estimate of drug-likeness (QED) is 0.498. The van der Waals surface area contributed by atoms with E-state index in [1.807, 2.05) is 25.4 Å². The molecular weight excluding hydrogens is 440 g/mol. The topological polar surface area (TPSA) is 92.1 Å². The van der Waals surface area contributed by atoms with Crippen molar-refractivity contribution in [2.24, 2.45) is 7.05 Å². The molecular formula is C23H23ClN8O. The van der Waals surface area contributed by atoms with E-state index in [1.54, 1.807) is 29.3 Å². The highest BCUT2D eigenvalue weighted by Crippen LogP contribution is 2.25. The molecule has 0 radical (unpaired) electrons. The van der Waals surface area contributed by atoms with E-state index in [0.717, 1.165) is 54.0 Å². The van der Waals surface area contributed by atoms with Crippen LogP contribution in [0.1, 0.15) is 10.4 Å². The number of fused-ring (bicyclic) bond motifs is 1. The van der Waals surface area contributed by atoms with Crippen LogP contribution in [0.25, 0.3) is 22.0 Å². The first kappa shape index (κ1) is 21.3. The van der Waals surface area contributed by atoms with Crippen molar-refractivity contribution in [1.82, 2.24) is 29.6 Å². The number of likely N-dealkylation sites (N-methyl/N-ethyl adjacent to an activating group) is 1. The van der Waals surface area contributed by atoms with Crippen LogP contribution in [-0.2, 0) is 7.05 Å². The number of carbonyl (C=O) groups is 1. The van der Waals surface area contributed by atoms with Crippen LogP contribution >= 0.6 is 11.6 Å². The van der Waals surface area contributed by atoms with E-state index >= 15 is 0 Å². The SMILES string of the molecule is CN1CCN(c2cc(C(=O)Nc3cc4cc(-c5cnn(C)c5)ncc4cn3)c(Cl)cn2)CC1. The minimum Gasteiger partial charge on any atom is -0.354 e. The van der Waals surface area contributed by atoms with Gasteiger partial charge in [0.15, 0.2) is 0 Å². The highest BCUT2D eigenvalue weighted by molar-refractivity contribution is 6.34. The van der Waals surface area contributed by atoms with Crippen molar-refractivity contribution in [2.75, 3.05) is 43.4 Å². The number of nitrogens with zero attached hydrogens (tertiary/aromatic N) is 7. The van der Waals surface area contributed by atoms with Crippen molar-refractivity contribution in [3.63, 3.8) is 0 Å². The summed E-state index contributed by atoms with van der Waals surface area (Å²) in [5.41, 5.74) is 2.09. The number of pyridine rings is 3. The van der Waals surface area contributed by atoms with Gasteiger partial charge in [-0.3, -0.25) is 14.5 Å². The molecule has 0 aromatic carbocycles. The molecule has 1 aliphatic rings. The van der Waals surface area contributed by atoms with Crippen LogP contribution in [0.15, 0.2) is 49.2 Å². The van der Waals surface area contributed by atoms with Crippen LogP contribution in [0.2, 0.25) is 5.02 Å². The number of hydrogen-bond acceptors (Lipinski definition) is 7. The molecule has 0 spiro atoms. The normalized spacial score (nSPS) is 14.6. The van der Waals surface area contributed by atoms with E-state index < -0.39 is 0 Å². The Kier molecular flexibility index (Phi) is 5.65. The lowest BCUT2D eigenvalue weighted by Crippen LogP contribution is -2.44. The van der Waals surface area contributed by atoms with E-state index in [0.29, 0.717) is 16.4 Å². The van der Waals surface area contributed by atoms with E-state index in [1.165, 1.54) is 6.20 Å². The summed E-state index contributed by atoms with van der Waals surface area (Å²) in [6, 6.07) is 5.52. The molecule has 5 heterocycles. The predicted molar refractivity (Wildman–Crippen MR) is 129 cm³/mol. The molecule has 0 bridgehead atoms. The maximum Gasteiger partial charge on any atom is 0.258 e. The van der Waals surface area contributed by atoms with Crippen LogP contribution in [0, 0.1) is 0 Å². The van der Waals surface area contributed by atoms with Crippen LogP contribution in [0.3, 0.4) is 0 Å². The largest absolute Gasteiger partial charge is 0.354 e. The summed E-state index contributed by atoms with van der Waals surface area (Å²) in [6.45, 7) is 3.60. The molecule has 4 aromatic rings. The molecule has 168 valence electrons. The lowest BCUT2D eigenvalue weighted by Gasteiger charge is -2.33. The lowest BCUT2D eigenvalue weighted by molar-refractivity contribution is 0.102. The van der Waals surface area contributed by atoms with E-state index in [4.69, 9.17) is 11.6 Å². The summed E-state index contributed by atoms with van der Waals surface area (Å²) < 4.78 is 1.73. The van der Waals surface area contributed by atoms with E-state index in [2.05, 4.69) is 42.2 Å². The van der Waals surface area contributed by atoms with Crippen molar-refractivity contribution in [3.05, 3.63) is 59.8 Å². The van der Waals surface area contributed by atoms with Gasteiger partial charge >= 0.3 is 0 Å². The fourth-order valence-electron chi connectivity index (χ4n) is 3.81. The van der Waals surface area contributed by atoms with Gasteiger partial charge in [0.2, 0.25) is 0 Å². The monoisotopic (exact) mass is 462 g/mol. The smallest absolute Gasteiger partial charge is 0.258 e. The molecule has 0 atom stereocenters. The molecule has 1 fully saturated rings. The molecule has 4 aromatic heterocycles. The Labute approximate surface area is 196 Å². The molecule has 33 heavy (non-hydrogen) atoms. The first-order valence-electron chi connectivity index (χ1n) is 10.6. The zero-order valence-electron chi connectivity index (χ0n) is 18.4. The van der Waals surface area contributed by atoms with Gasteiger partial charge < -0.3 is 15.1 Å². The standard InChI is InChI=1S/C23H23ClN8O/c1-30-3-5-32(6-4-30)22-9-18(19(24)13-27-22)23(33)29-21-8-15-7-20(17-12-28-31(2)14-17)25-10-16(15)11-26-21/h7-14H,3-6H2,1-2H3,(H,26,29,33). The number of anilines is 2. The second-order valence-corrected chi connectivity index (χ2v) is 8.56. The molecule has 0 unspecified atom stereocenters. The number of aryl methyl sites for hydroxylation is 1. The van der Waals surface area contributed by atoms with Gasteiger partial charge in [-0.2, -0.15) is 5.10 Å². The van der Waals surface area contributed by atoms with Crippen LogP contribution in [-0.4, -0.2) is 68.8 Å². The fraction of sp³-hybridized carbons (Fsp3) is 0.261. The number of amides is 1. The van der Waals surface area contributed by atoms with Gasteiger partial charge in [0.25, 0.3) is 5.91 Å². The number of halogens is 1. The maximum absolute atomic E-state index is 13.0. The Balaban J connectivity index is 1.39. The van der Waals surface area contributed by atoms with Gasteiger partial charge in [-0.1, -0.05) is 11.6 Å². The highest BCUT2D eigenvalue weighted by Gasteiger charge is 2.19. The second-order valence-electron chi connectivity index (χ2n) is 8.16. The Morgan fingerprint density at radius 3 is 2.48 bits per heavy atom. The minimum atomic E-state index is -0.328. The van der Waals surface area contributed by atoms with Crippen LogP contribution in [0.5, 0.6) is 0 Å². The summed E-state index contributed by atoms with van der Waals surface area (Å²) in [7, 11) is 3.96. The highest BCUT2D eigenvalue weighted by atomic mass is 35.5. The van der Waals surface area contributed by atoms with Crippen LogP contribution in [0.4, 0.5) is 11.6 Å². The molecule has 0 aliphatic carbocycles. The van der Waals surface area contributed by atoms with Gasteiger partial charge in [0.05, 0.1) is 22.5 Å². The first-order chi connectivity index (χ1) is 16.0. The van der Waals surface area contributed by atoms with Crippen molar-refractivity contribution in [2.45, 2.75) is 0 Å². The summed E-state index contributed by atoms with van der Waals surface area (Å²) >= 11 is 6.32. The zero-order chi connectivity index (χ0) is 22.9. The molecule has 1 N–H and O–H groups in total. The second kappa shape index (κ2) is 8.76. The lowest BCUT2D eigenvalue weighted by atomic mass is 10.1. The third-order valence-corrected chi connectivity index (χ3v) is 6.06. The Morgan fingerprint density at radius 2 is 1.73 bits per heavy atom. The van der Waals surface area contributed by atoms with Gasteiger partial charge in [-0.05, 0) is 30.6 Å². The Hall–Kier alpha value is -3.56. The van der Waals surface area contributed by atoms with E-state index in [9.17, 15) is 4.79 Å². The predicted octanol–water partition coefficient (Wildman–Crippen LogP) is 3.08. The number of rotatable bonds is 4. The number of aromatic nitrogens is 5. The molecule has 0 saturated carbocycles. The zero-order valence-corrected chi connectivity index (χ0v) is 19.1. The molecule has 5 rings (SSSR count). The average molecular weight is 463 g/mol. The van der Waals surface area contributed by atoms with Crippen molar-refractivity contribution in [3.8, 4) is 11.3 Å². The molecule has 1 aliphatic heterocycles. The number of piperazine rings is 1. The summed E-state index contributed by atoms with van der Waals surface area (Å²) in [5, 5.41) is 9.15. The van der Waals surface area contributed by atoms with Crippen LogP contribution < -0.4 is 10.2 Å². The number of hydrogen-bond donors (Lipinski definition) is 1. The Bertz CT molecular complexity index is 1330. The fourth-order valence-corrected chi connectivity index (χ4v) is 4.00. The Morgan fingerprint density at radius 1 is 0.939 bits per heavy atom. The van der Waals surface area contributed by atoms with Gasteiger partial charge in [0.1, 0.15) is 11.6 Å². The third kappa shape index (κ3) is 4.50. The minimum absolute atomic E-state index is 0.300. The average Bonchev–Trinajstić information content (AvgIpc) is 3.26. The van der Waals surface area contributed by atoms with Crippen molar-refractivity contribution in [1.29, 1.82) is 0 Å². The first-order valence-corrected chi connectivity index (χ1v) is 11.0. The van der Waals surface area contributed by atoms with Gasteiger partial charge in [-0.25, -0.2) is 9.97 Å². The van der Waals surface area contributed by atoms with Gasteiger partial charge in [-0.15, -0.1) is 0 Å². The third-order valence-electron chi connectivity index (χ3n) is 5.76. The number of carbonyl (C=O) groups excluding carboxylic acids is 1.